The molecule has 1 aromatic carbocycles. The molecule has 2 rings (SSSR count). The topological polar surface area (TPSA) is 61.4 Å². The van der Waals surface area contributed by atoms with Gasteiger partial charge in [-0.25, -0.2) is 4.79 Å². The van der Waals surface area contributed by atoms with Crippen LogP contribution in [0.25, 0.3) is 0 Å². The van der Waals surface area contributed by atoms with E-state index in [0.717, 1.165) is 24.8 Å². The molecule has 0 heterocycles. The summed E-state index contributed by atoms with van der Waals surface area (Å²) in [7, 11) is 0. The summed E-state index contributed by atoms with van der Waals surface area (Å²) >= 11 is 0. The Bertz CT molecular complexity index is 431. The molecule has 0 spiro atoms. The van der Waals surface area contributed by atoms with Crippen LogP contribution in [0.1, 0.15) is 30.9 Å². The van der Waals surface area contributed by atoms with E-state index in [-0.39, 0.29) is 24.7 Å². The largest absolute Gasteiger partial charge is 0.394 e. The Balaban J connectivity index is 1.87. The van der Waals surface area contributed by atoms with E-state index in [9.17, 15) is 9.90 Å². The van der Waals surface area contributed by atoms with Gasteiger partial charge in [-0.2, -0.15) is 0 Å². The highest BCUT2D eigenvalue weighted by Crippen LogP contribution is 2.13. The van der Waals surface area contributed by atoms with Gasteiger partial charge in [0.1, 0.15) is 0 Å². The summed E-state index contributed by atoms with van der Waals surface area (Å²) in [6.07, 6.45) is 7.08. The molecule has 1 aromatic rings. The van der Waals surface area contributed by atoms with Gasteiger partial charge in [-0.1, -0.05) is 42.5 Å². The third-order valence-electron chi connectivity index (χ3n) is 3.29. The first-order valence-electron chi connectivity index (χ1n) is 6.67. The van der Waals surface area contributed by atoms with Gasteiger partial charge in [0.15, 0.2) is 0 Å². The fraction of sp³-hybridized carbons (Fsp3) is 0.400. The van der Waals surface area contributed by atoms with Crippen LogP contribution in [0.5, 0.6) is 0 Å². The van der Waals surface area contributed by atoms with Gasteiger partial charge < -0.3 is 15.7 Å². The summed E-state index contributed by atoms with van der Waals surface area (Å²) in [4.78, 5) is 11.9. The fourth-order valence-corrected chi connectivity index (χ4v) is 2.23. The van der Waals surface area contributed by atoms with Crippen LogP contribution >= 0.6 is 0 Å². The second kappa shape index (κ2) is 6.95. The van der Waals surface area contributed by atoms with Crippen molar-refractivity contribution in [2.24, 2.45) is 0 Å². The van der Waals surface area contributed by atoms with Crippen molar-refractivity contribution in [2.45, 2.75) is 31.3 Å². The molecular formula is C15H20N2O2. The van der Waals surface area contributed by atoms with Crippen LogP contribution in [0.2, 0.25) is 0 Å². The first-order chi connectivity index (χ1) is 9.29. The molecule has 2 unspecified atom stereocenters. The first-order valence-corrected chi connectivity index (χ1v) is 6.67. The highest BCUT2D eigenvalue weighted by molar-refractivity contribution is 5.74. The van der Waals surface area contributed by atoms with E-state index >= 15 is 0 Å². The number of urea groups is 1. The van der Waals surface area contributed by atoms with Crippen LogP contribution in [0.4, 0.5) is 4.79 Å². The SMILES string of the molecule is O=C(NC1CC=CCC1)NC(CO)c1ccccc1. The summed E-state index contributed by atoms with van der Waals surface area (Å²) in [5.41, 5.74) is 0.906. The lowest BCUT2D eigenvalue weighted by Crippen LogP contribution is -2.44. The molecule has 0 aromatic heterocycles. The van der Waals surface area contributed by atoms with Gasteiger partial charge in [0, 0.05) is 6.04 Å². The molecule has 0 aliphatic heterocycles. The smallest absolute Gasteiger partial charge is 0.315 e. The normalized spacial score (nSPS) is 19.7. The number of hydrogen-bond donors (Lipinski definition) is 3. The molecule has 0 radical (unpaired) electrons. The predicted molar refractivity (Wildman–Crippen MR) is 74.7 cm³/mol. The number of hydrogen-bond acceptors (Lipinski definition) is 2. The number of rotatable bonds is 4. The van der Waals surface area contributed by atoms with Gasteiger partial charge >= 0.3 is 6.03 Å². The fourth-order valence-electron chi connectivity index (χ4n) is 2.23. The zero-order chi connectivity index (χ0) is 13.5. The van der Waals surface area contributed by atoms with E-state index in [1.165, 1.54) is 0 Å². The molecule has 0 fully saturated rings. The van der Waals surface area contributed by atoms with Crippen LogP contribution < -0.4 is 10.6 Å². The van der Waals surface area contributed by atoms with Crippen molar-refractivity contribution in [2.75, 3.05) is 6.61 Å². The van der Waals surface area contributed by atoms with E-state index in [1.54, 1.807) is 0 Å². The molecule has 19 heavy (non-hydrogen) atoms. The van der Waals surface area contributed by atoms with E-state index in [1.807, 2.05) is 30.3 Å². The van der Waals surface area contributed by atoms with Crippen LogP contribution in [0.15, 0.2) is 42.5 Å². The minimum absolute atomic E-state index is 0.109. The maximum absolute atomic E-state index is 11.9. The molecule has 102 valence electrons. The molecule has 1 aliphatic rings. The zero-order valence-corrected chi connectivity index (χ0v) is 10.9. The van der Waals surface area contributed by atoms with Crippen molar-refractivity contribution in [1.29, 1.82) is 0 Å². The summed E-state index contributed by atoms with van der Waals surface area (Å²) in [5, 5.41) is 15.1. The number of aliphatic hydroxyl groups is 1. The van der Waals surface area contributed by atoms with Crippen molar-refractivity contribution >= 4 is 6.03 Å². The van der Waals surface area contributed by atoms with Crippen molar-refractivity contribution in [3.63, 3.8) is 0 Å². The van der Waals surface area contributed by atoms with Gasteiger partial charge in [0.05, 0.1) is 12.6 Å². The lowest BCUT2D eigenvalue weighted by Gasteiger charge is -2.22. The molecule has 2 amide bonds. The summed E-state index contributed by atoms with van der Waals surface area (Å²) < 4.78 is 0. The van der Waals surface area contributed by atoms with Crippen molar-refractivity contribution in [3.05, 3.63) is 48.0 Å². The first kappa shape index (κ1) is 13.6. The Hall–Kier alpha value is -1.81. The maximum atomic E-state index is 11.9. The second-order valence-corrected chi connectivity index (χ2v) is 4.75. The summed E-state index contributed by atoms with van der Waals surface area (Å²) in [6.45, 7) is -0.109. The Morgan fingerprint density at radius 3 is 2.74 bits per heavy atom. The highest BCUT2D eigenvalue weighted by atomic mass is 16.3. The number of carbonyl (C=O) groups excluding carboxylic acids is 1. The second-order valence-electron chi connectivity index (χ2n) is 4.75. The number of allylic oxidation sites excluding steroid dienone is 1. The Kier molecular flexibility index (Phi) is 4.98. The lowest BCUT2D eigenvalue weighted by atomic mass is 10.0. The van der Waals surface area contributed by atoms with E-state index in [0.29, 0.717) is 0 Å². The van der Waals surface area contributed by atoms with Crippen LogP contribution in [0, 0.1) is 0 Å². The highest BCUT2D eigenvalue weighted by Gasteiger charge is 2.16. The van der Waals surface area contributed by atoms with E-state index in [2.05, 4.69) is 22.8 Å². The Morgan fingerprint density at radius 1 is 1.32 bits per heavy atom. The number of nitrogens with one attached hydrogen (secondary N) is 2. The number of carbonyl (C=O) groups is 1. The van der Waals surface area contributed by atoms with Gasteiger partial charge in [0.25, 0.3) is 0 Å². The summed E-state index contributed by atoms with van der Waals surface area (Å²) in [6, 6.07) is 9.10. The molecular weight excluding hydrogens is 240 g/mol. The van der Waals surface area contributed by atoms with Crippen molar-refractivity contribution in [3.8, 4) is 0 Å². The number of amides is 2. The predicted octanol–water partition coefficient (Wildman–Crippen LogP) is 2.13. The van der Waals surface area contributed by atoms with Gasteiger partial charge in [-0.05, 0) is 24.8 Å². The third-order valence-corrected chi connectivity index (χ3v) is 3.29. The molecule has 4 heteroatoms. The Labute approximate surface area is 113 Å². The molecule has 0 saturated heterocycles. The van der Waals surface area contributed by atoms with Crippen LogP contribution in [-0.2, 0) is 0 Å². The minimum atomic E-state index is -0.361. The molecule has 4 nitrogen and oxygen atoms in total. The average Bonchev–Trinajstić information content (AvgIpc) is 2.47. The van der Waals surface area contributed by atoms with Gasteiger partial charge in [-0.3, -0.25) is 0 Å². The number of aliphatic hydroxyl groups excluding tert-OH is 1. The van der Waals surface area contributed by atoms with Gasteiger partial charge in [0.2, 0.25) is 0 Å². The Morgan fingerprint density at radius 2 is 2.11 bits per heavy atom. The van der Waals surface area contributed by atoms with E-state index < -0.39 is 0 Å². The maximum Gasteiger partial charge on any atom is 0.315 e. The monoisotopic (exact) mass is 260 g/mol. The van der Waals surface area contributed by atoms with E-state index in [4.69, 9.17) is 0 Å². The number of benzene rings is 1. The molecule has 0 bridgehead atoms. The molecule has 0 saturated carbocycles. The molecule has 3 N–H and O–H groups in total. The standard InChI is InChI=1S/C15H20N2O2/c18-11-14(12-7-3-1-4-8-12)17-15(19)16-13-9-5-2-6-10-13/h1-5,7-8,13-14,18H,6,9-11H2,(H2,16,17,19). The van der Waals surface area contributed by atoms with Crippen LogP contribution in [0.3, 0.4) is 0 Å². The summed E-state index contributed by atoms with van der Waals surface area (Å²) in [5.74, 6) is 0. The zero-order valence-electron chi connectivity index (χ0n) is 10.9. The van der Waals surface area contributed by atoms with Gasteiger partial charge in [-0.15, -0.1) is 0 Å². The quantitative estimate of drug-likeness (QED) is 0.726. The average molecular weight is 260 g/mol. The molecule has 1 aliphatic carbocycles. The minimum Gasteiger partial charge on any atom is -0.394 e. The van der Waals surface area contributed by atoms with Crippen molar-refractivity contribution in [1.82, 2.24) is 10.6 Å². The molecule has 2 atom stereocenters. The third kappa shape index (κ3) is 4.10. The van der Waals surface area contributed by atoms with Crippen LogP contribution in [-0.4, -0.2) is 23.8 Å². The lowest BCUT2D eigenvalue weighted by molar-refractivity contribution is 0.213. The van der Waals surface area contributed by atoms with Crippen molar-refractivity contribution < 1.29 is 9.90 Å².